The molecule has 0 atom stereocenters. The number of aryl methyl sites for hydroxylation is 1. The van der Waals surface area contributed by atoms with E-state index in [9.17, 15) is 4.39 Å². The van der Waals surface area contributed by atoms with Gasteiger partial charge in [-0.1, -0.05) is 11.6 Å². The van der Waals surface area contributed by atoms with Gasteiger partial charge in [-0.05, 0) is 29.9 Å². The molecule has 0 aliphatic carbocycles. The van der Waals surface area contributed by atoms with Crippen LogP contribution in [0.4, 0.5) is 4.39 Å². The number of hydrogen-bond donors (Lipinski definition) is 2. The Balaban J connectivity index is 2.82. The standard InChI is InChI=1S/C9H8BFO2S/c1-5-2-3-7-6(4-8(11)14-7)9(5)10(12)13/h2-4,12-13H,1H3. The zero-order valence-corrected chi connectivity index (χ0v) is 8.31. The summed E-state index contributed by atoms with van der Waals surface area (Å²) in [6, 6.07) is 4.87. The topological polar surface area (TPSA) is 40.5 Å². The third-order valence-corrected chi connectivity index (χ3v) is 3.08. The normalized spacial score (nSPS) is 10.9. The van der Waals surface area contributed by atoms with Gasteiger partial charge in [0.1, 0.15) is 0 Å². The van der Waals surface area contributed by atoms with Crippen LogP contribution in [0.25, 0.3) is 10.1 Å². The average molecular weight is 210 g/mol. The average Bonchev–Trinajstić information content (AvgIpc) is 2.43. The first-order valence-electron chi connectivity index (χ1n) is 4.14. The molecule has 1 heterocycles. The van der Waals surface area contributed by atoms with E-state index in [1.54, 1.807) is 19.1 Å². The highest BCUT2D eigenvalue weighted by atomic mass is 32.1. The van der Waals surface area contributed by atoms with Crippen LogP contribution in [0.2, 0.25) is 0 Å². The minimum atomic E-state index is -1.55. The maximum atomic E-state index is 13.0. The van der Waals surface area contributed by atoms with Crippen LogP contribution in [0.3, 0.4) is 0 Å². The highest BCUT2D eigenvalue weighted by molar-refractivity contribution is 7.17. The van der Waals surface area contributed by atoms with Gasteiger partial charge in [-0.2, -0.15) is 4.39 Å². The van der Waals surface area contributed by atoms with Gasteiger partial charge in [-0.25, -0.2) is 0 Å². The van der Waals surface area contributed by atoms with E-state index in [1.807, 2.05) is 0 Å². The molecule has 1 aromatic heterocycles. The second-order valence-corrected chi connectivity index (χ2v) is 4.17. The maximum Gasteiger partial charge on any atom is 0.489 e. The van der Waals surface area contributed by atoms with Crippen molar-refractivity contribution in [2.45, 2.75) is 6.92 Å². The van der Waals surface area contributed by atoms with Gasteiger partial charge in [0.15, 0.2) is 5.13 Å². The predicted octanol–water partition coefficient (Wildman–Crippen LogP) is 1.03. The molecule has 5 heteroatoms. The van der Waals surface area contributed by atoms with E-state index >= 15 is 0 Å². The molecule has 14 heavy (non-hydrogen) atoms. The predicted molar refractivity (Wildman–Crippen MR) is 56.3 cm³/mol. The third kappa shape index (κ3) is 1.43. The molecule has 2 N–H and O–H groups in total. The SMILES string of the molecule is Cc1ccc2sc(F)cc2c1B(O)O. The van der Waals surface area contributed by atoms with E-state index in [4.69, 9.17) is 10.0 Å². The number of benzene rings is 1. The van der Waals surface area contributed by atoms with Gasteiger partial charge in [0.2, 0.25) is 0 Å². The summed E-state index contributed by atoms with van der Waals surface area (Å²) in [6.07, 6.45) is 0. The zero-order chi connectivity index (χ0) is 10.3. The highest BCUT2D eigenvalue weighted by Gasteiger charge is 2.18. The number of fused-ring (bicyclic) bond motifs is 1. The van der Waals surface area contributed by atoms with Gasteiger partial charge in [0.05, 0.1) is 0 Å². The summed E-state index contributed by atoms with van der Waals surface area (Å²) in [5.74, 6) is 0. The molecule has 0 unspecified atom stereocenters. The molecule has 0 bridgehead atoms. The first kappa shape index (κ1) is 9.64. The Labute approximate surface area is 84.8 Å². The third-order valence-electron chi connectivity index (χ3n) is 2.19. The van der Waals surface area contributed by atoms with Crippen molar-refractivity contribution in [3.05, 3.63) is 28.9 Å². The molecule has 1 aromatic carbocycles. The van der Waals surface area contributed by atoms with Gasteiger partial charge < -0.3 is 10.0 Å². The highest BCUT2D eigenvalue weighted by Crippen LogP contribution is 2.23. The first-order chi connectivity index (χ1) is 6.59. The van der Waals surface area contributed by atoms with Crippen LogP contribution in [-0.4, -0.2) is 17.2 Å². The fourth-order valence-electron chi connectivity index (χ4n) is 1.55. The molecule has 0 aliphatic rings. The molecular formula is C9H8BFO2S. The molecule has 0 saturated carbocycles. The Bertz CT molecular complexity index is 481. The fraction of sp³-hybridized carbons (Fsp3) is 0.111. The Hall–Kier alpha value is -0.905. The Morgan fingerprint density at radius 2 is 2.07 bits per heavy atom. The number of halogens is 1. The summed E-state index contributed by atoms with van der Waals surface area (Å²) < 4.78 is 13.7. The summed E-state index contributed by atoms with van der Waals surface area (Å²) in [4.78, 5) is 0. The molecule has 0 saturated heterocycles. The zero-order valence-electron chi connectivity index (χ0n) is 7.49. The van der Waals surface area contributed by atoms with E-state index in [1.165, 1.54) is 6.07 Å². The molecule has 0 fully saturated rings. The summed E-state index contributed by atoms with van der Waals surface area (Å²) in [6.45, 7) is 1.77. The van der Waals surface area contributed by atoms with Gasteiger partial charge in [0, 0.05) is 4.70 Å². The maximum absolute atomic E-state index is 13.0. The molecule has 0 amide bonds. The Kier molecular flexibility index (Phi) is 2.30. The van der Waals surface area contributed by atoms with Crippen LogP contribution in [0, 0.1) is 12.1 Å². The lowest BCUT2D eigenvalue weighted by atomic mass is 9.75. The van der Waals surface area contributed by atoms with Crippen molar-refractivity contribution in [1.82, 2.24) is 0 Å². The Morgan fingerprint density at radius 3 is 2.71 bits per heavy atom. The lowest BCUT2D eigenvalue weighted by molar-refractivity contribution is 0.426. The van der Waals surface area contributed by atoms with Crippen molar-refractivity contribution in [1.29, 1.82) is 0 Å². The van der Waals surface area contributed by atoms with Crippen LogP contribution in [-0.2, 0) is 0 Å². The van der Waals surface area contributed by atoms with Crippen molar-refractivity contribution in [3.63, 3.8) is 0 Å². The second-order valence-electron chi connectivity index (χ2n) is 3.13. The summed E-state index contributed by atoms with van der Waals surface area (Å²) in [5, 5.41) is 18.6. The molecule has 0 radical (unpaired) electrons. The summed E-state index contributed by atoms with van der Waals surface area (Å²) in [5.41, 5.74) is 1.15. The molecule has 2 nitrogen and oxygen atoms in total. The van der Waals surface area contributed by atoms with E-state index in [0.717, 1.165) is 21.6 Å². The van der Waals surface area contributed by atoms with Gasteiger partial charge >= 0.3 is 7.12 Å². The van der Waals surface area contributed by atoms with E-state index < -0.39 is 7.12 Å². The van der Waals surface area contributed by atoms with Crippen molar-refractivity contribution in [2.24, 2.45) is 0 Å². The van der Waals surface area contributed by atoms with Gasteiger partial charge in [-0.15, -0.1) is 11.3 Å². The molecule has 0 spiro atoms. The molecule has 2 aromatic rings. The van der Waals surface area contributed by atoms with Crippen molar-refractivity contribution in [3.8, 4) is 0 Å². The van der Waals surface area contributed by atoms with Crippen LogP contribution < -0.4 is 5.46 Å². The van der Waals surface area contributed by atoms with Crippen LogP contribution >= 0.6 is 11.3 Å². The van der Waals surface area contributed by atoms with Gasteiger partial charge in [-0.3, -0.25) is 0 Å². The minimum absolute atomic E-state index is 0.312. The van der Waals surface area contributed by atoms with Crippen molar-refractivity contribution < 1.29 is 14.4 Å². The minimum Gasteiger partial charge on any atom is -0.423 e. The Morgan fingerprint density at radius 1 is 1.36 bits per heavy atom. The number of thiophene rings is 1. The van der Waals surface area contributed by atoms with Crippen LogP contribution in [0.5, 0.6) is 0 Å². The van der Waals surface area contributed by atoms with E-state index in [-0.39, 0.29) is 5.13 Å². The second kappa shape index (κ2) is 3.35. The van der Waals surface area contributed by atoms with Crippen LogP contribution in [0.15, 0.2) is 18.2 Å². The largest absolute Gasteiger partial charge is 0.489 e. The summed E-state index contributed by atoms with van der Waals surface area (Å²) >= 11 is 1.00. The molecular weight excluding hydrogens is 202 g/mol. The lowest BCUT2D eigenvalue weighted by Crippen LogP contribution is -2.32. The smallest absolute Gasteiger partial charge is 0.423 e. The van der Waals surface area contributed by atoms with E-state index in [0.29, 0.717) is 10.8 Å². The first-order valence-corrected chi connectivity index (χ1v) is 4.96. The van der Waals surface area contributed by atoms with E-state index in [2.05, 4.69) is 0 Å². The number of rotatable bonds is 1. The van der Waals surface area contributed by atoms with Crippen molar-refractivity contribution in [2.75, 3.05) is 0 Å². The van der Waals surface area contributed by atoms with Gasteiger partial charge in [0.25, 0.3) is 0 Å². The van der Waals surface area contributed by atoms with Crippen LogP contribution in [0.1, 0.15) is 5.56 Å². The lowest BCUT2D eigenvalue weighted by Gasteiger charge is -2.05. The monoisotopic (exact) mass is 210 g/mol. The van der Waals surface area contributed by atoms with Crippen molar-refractivity contribution >= 4 is 34.0 Å². The quantitative estimate of drug-likeness (QED) is 0.690. The summed E-state index contributed by atoms with van der Waals surface area (Å²) in [7, 11) is -1.55. The molecule has 72 valence electrons. The molecule has 0 aliphatic heterocycles. The number of hydrogen-bond acceptors (Lipinski definition) is 3. The fourth-order valence-corrected chi connectivity index (χ4v) is 2.36. The molecule has 2 rings (SSSR count).